The number of benzene rings is 1. The number of Topliss-reactive ketones (excluding diaryl/α,β-unsaturated/α-hetero) is 1. The van der Waals surface area contributed by atoms with E-state index in [0.29, 0.717) is 5.78 Å². The number of nitrogens with one attached hydrogen (secondary N) is 1. The molecule has 0 radical (unpaired) electrons. The highest BCUT2D eigenvalue weighted by atomic mass is 16.1. The van der Waals surface area contributed by atoms with E-state index in [-0.39, 0.29) is 11.8 Å². The van der Waals surface area contributed by atoms with Crippen molar-refractivity contribution >= 4 is 11.5 Å². The molecule has 1 aromatic carbocycles. The summed E-state index contributed by atoms with van der Waals surface area (Å²) in [7, 11) is 0. The Morgan fingerprint density at radius 3 is 2.56 bits per heavy atom. The van der Waals surface area contributed by atoms with Gasteiger partial charge >= 0.3 is 0 Å². The van der Waals surface area contributed by atoms with Crippen molar-refractivity contribution in [2.75, 3.05) is 31.1 Å². The van der Waals surface area contributed by atoms with Gasteiger partial charge in [0, 0.05) is 43.7 Å². The maximum atomic E-state index is 12.1. The smallest absolute Gasteiger partial charge is 0.145 e. The molecule has 0 spiro atoms. The second kappa shape index (κ2) is 4.73. The van der Waals surface area contributed by atoms with Crippen LogP contribution in [0, 0.1) is 11.8 Å². The minimum absolute atomic E-state index is 0.183. The molecule has 0 aliphatic carbocycles. The number of carbonyl (C=O) groups excluding carboxylic acids is 1. The number of para-hydroxylation sites is 1. The lowest BCUT2D eigenvalue weighted by molar-refractivity contribution is -0.129. The number of fused-ring (bicyclic) bond motifs is 2. The largest absolute Gasteiger partial charge is 0.370 e. The molecule has 3 nitrogen and oxygen atoms in total. The van der Waals surface area contributed by atoms with Gasteiger partial charge in [0.1, 0.15) is 5.78 Å². The highest BCUT2D eigenvalue weighted by Crippen LogP contribution is 2.28. The fourth-order valence-electron chi connectivity index (χ4n) is 3.20. The second-order valence-corrected chi connectivity index (χ2v) is 5.34. The molecule has 2 heterocycles. The van der Waals surface area contributed by atoms with Crippen molar-refractivity contribution in [2.24, 2.45) is 11.8 Å². The summed E-state index contributed by atoms with van der Waals surface area (Å²) in [4.78, 5) is 14.5. The van der Waals surface area contributed by atoms with Gasteiger partial charge in [-0.15, -0.1) is 0 Å². The van der Waals surface area contributed by atoms with Crippen molar-refractivity contribution in [3.8, 4) is 0 Å². The molecule has 0 amide bonds. The van der Waals surface area contributed by atoms with Gasteiger partial charge in [0.25, 0.3) is 0 Å². The standard InChI is InChI=1S/C15H20N2O/c1-2-11-5-3-4-6-14(11)17-9-12-7-16-8-13(10-17)15(12)18/h3-6,12-13,16H,2,7-10H2,1H3. The molecule has 96 valence electrons. The lowest BCUT2D eigenvalue weighted by Gasteiger charge is -2.42. The Morgan fingerprint density at radius 2 is 1.89 bits per heavy atom. The molecule has 18 heavy (non-hydrogen) atoms. The maximum absolute atomic E-state index is 12.1. The first-order chi connectivity index (χ1) is 8.79. The quantitative estimate of drug-likeness (QED) is 0.855. The van der Waals surface area contributed by atoms with E-state index in [2.05, 4.69) is 41.4 Å². The molecule has 2 saturated heterocycles. The van der Waals surface area contributed by atoms with Gasteiger partial charge in [-0.25, -0.2) is 0 Å². The summed E-state index contributed by atoms with van der Waals surface area (Å²) in [6.07, 6.45) is 1.05. The van der Waals surface area contributed by atoms with E-state index in [9.17, 15) is 4.79 Å². The van der Waals surface area contributed by atoms with Crippen molar-refractivity contribution in [2.45, 2.75) is 13.3 Å². The summed E-state index contributed by atoms with van der Waals surface area (Å²) in [6, 6.07) is 8.58. The van der Waals surface area contributed by atoms with E-state index >= 15 is 0 Å². The first-order valence-corrected chi connectivity index (χ1v) is 6.87. The zero-order chi connectivity index (χ0) is 12.5. The minimum atomic E-state index is 0.183. The molecule has 0 aromatic heterocycles. The lowest BCUT2D eigenvalue weighted by atomic mass is 9.84. The van der Waals surface area contributed by atoms with Gasteiger partial charge in [0.05, 0.1) is 0 Å². The number of anilines is 1. The summed E-state index contributed by atoms with van der Waals surface area (Å²) in [5, 5.41) is 3.37. The summed E-state index contributed by atoms with van der Waals surface area (Å²) in [6.45, 7) is 5.63. The number of ketones is 1. The average Bonchev–Trinajstić information content (AvgIpc) is 2.38. The molecule has 1 N–H and O–H groups in total. The van der Waals surface area contributed by atoms with Crippen LogP contribution in [0.3, 0.4) is 0 Å². The third kappa shape index (κ3) is 1.93. The Kier molecular flexibility index (Phi) is 3.08. The molecule has 3 heteroatoms. The van der Waals surface area contributed by atoms with Crippen LogP contribution in [0.5, 0.6) is 0 Å². The fraction of sp³-hybridized carbons (Fsp3) is 0.533. The van der Waals surface area contributed by atoms with Gasteiger partial charge in [-0.2, -0.15) is 0 Å². The summed E-state index contributed by atoms with van der Waals surface area (Å²) >= 11 is 0. The number of nitrogens with zero attached hydrogens (tertiary/aromatic N) is 1. The van der Waals surface area contributed by atoms with Crippen LogP contribution in [0.1, 0.15) is 12.5 Å². The van der Waals surface area contributed by atoms with E-state index < -0.39 is 0 Å². The van der Waals surface area contributed by atoms with Crippen LogP contribution in [0.4, 0.5) is 5.69 Å². The summed E-state index contributed by atoms with van der Waals surface area (Å²) in [5.74, 6) is 0.837. The van der Waals surface area contributed by atoms with E-state index in [1.165, 1.54) is 11.3 Å². The normalized spacial score (nSPS) is 27.4. The maximum Gasteiger partial charge on any atom is 0.145 e. The fourth-order valence-corrected chi connectivity index (χ4v) is 3.20. The van der Waals surface area contributed by atoms with E-state index in [1.807, 2.05) is 0 Å². The Hall–Kier alpha value is -1.35. The van der Waals surface area contributed by atoms with Crippen molar-refractivity contribution in [3.05, 3.63) is 29.8 Å². The molecule has 2 bridgehead atoms. The number of hydrogen-bond acceptors (Lipinski definition) is 3. The third-order valence-electron chi connectivity index (χ3n) is 4.18. The Balaban J connectivity index is 1.87. The van der Waals surface area contributed by atoms with Gasteiger partial charge in [-0.3, -0.25) is 4.79 Å². The molecule has 2 aliphatic rings. The average molecular weight is 244 g/mol. The van der Waals surface area contributed by atoms with Gasteiger partial charge < -0.3 is 10.2 Å². The monoisotopic (exact) mass is 244 g/mol. The SMILES string of the molecule is CCc1ccccc1N1CC2CNCC(C1)C2=O. The third-order valence-corrected chi connectivity index (χ3v) is 4.18. The van der Waals surface area contributed by atoms with Crippen LogP contribution >= 0.6 is 0 Å². The van der Waals surface area contributed by atoms with Crippen LogP contribution in [-0.2, 0) is 11.2 Å². The van der Waals surface area contributed by atoms with Crippen molar-refractivity contribution in [1.82, 2.24) is 5.32 Å². The highest BCUT2D eigenvalue weighted by molar-refractivity contribution is 5.87. The van der Waals surface area contributed by atoms with Gasteiger partial charge in [0.2, 0.25) is 0 Å². The molecule has 3 rings (SSSR count). The van der Waals surface area contributed by atoms with Crippen molar-refractivity contribution in [3.63, 3.8) is 0 Å². The number of rotatable bonds is 2. The summed E-state index contributed by atoms with van der Waals surface area (Å²) < 4.78 is 0. The second-order valence-electron chi connectivity index (χ2n) is 5.34. The predicted molar refractivity (Wildman–Crippen MR) is 72.9 cm³/mol. The number of piperidine rings is 2. The predicted octanol–water partition coefficient (Wildman–Crippen LogP) is 1.47. The van der Waals surface area contributed by atoms with E-state index in [4.69, 9.17) is 0 Å². The summed E-state index contributed by atoms with van der Waals surface area (Å²) in [5.41, 5.74) is 2.71. The zero-order valence-electron chi connectivity index (χ0n) is 10.9. The zero-order valence-corrected chi connectivity index (χ0v) is 10.9. The topological polar surface area (TPSA) is 32.3 Å². The van der Waals surface area contributed by atoms with E-state index in [1.54, 1.807) is 0 Å². The Labute approximate surface area is 108 Å². The first-order valence-electron chi connectivity index (χ1n) is 6.87. The Bertz CT molecular complexity index is 442. The first kappa shape index (κ1) is 11.7. The van der Waals surface area contributed by atoms with Crippen LogP contribution in [0.15, 0.2) is 24.3 Å². The van der Waals surface area contributed by atoms with E-state index in [0.717, 1.165) is 32.6 Å². The minimum Gasteiger partial charge on any atom is -0.370 e. The van der Waals surface area contributed by atoms with Gasteiger partial charge in [-0.1, -0.05) is 25.1 Å². The molecular weight excluding hydrogens is 224 g/mol. The number of hydrogen-bond donors (Lipinski definition) is 1. The lowest BCUT2D eigenvalue weighted by Crippen LogP contribution is -2.57. The molecule has 2 atom stereocenters. The number of aryl methyl sites for hydroxylation is 1. The van der Waals surface area contributed by atoms with Crippen LogP contribution in [0.2, 0.25) is 0 Å². The van der Waals surface area contributed by atoms with Crippen LogP contribution in [-0.4, -0.2) is 32.0 Å². The molecular formula is C15H20N2O. The number of carbonyl (C=O) groups is 1. The van der Waals surface area contributed by atoms with Gasteiger partial charge in [-0.05, 0) is 18.1 Å². The molecule has 2 unspecified atom stereocenters. The van der Waals surface area contributed by atoms with Crippen molar-refractivity contribution in [1.29, 1.82) is 0 Å². The molecule has 2 fully saturated rings. The van der Waals surface area contributed by atoms with Crippen LogP contribution in [0.25, 0.3) is 0 Å². The Morgan fingerprint density at radius 1 is 1.22 bits per heavy atom. The van der Waals surface area contributed by atoms with Gasteiger partial charge in [0.15, 0.2) is 0 Å². The van der Waals surface area contributed by atoms with Crippen LogP contribution < -0.4 is 10.2 Å². The highest BCUT2D eigenvalue weighted by Gasteiger charge is 2.38. The molecule has 0 saturated carbocycles. The molecule has 1 aromatic rings. The van der Waals surface area contributed by atoms with Crippen molar-refractivity contribution < 1.29 is 4.79 Å². The molecule has 2 aliphatic heterocycles.